The van der Waals surface area contributed by atoms with Gasteiger partial charge in [0.05, 0.1) is 19.2 Å². The van der Waals surface area contributed by atoms with Crippen molar-refractivity contribution in [3.05, 3.63) is 88.4 Å². The van der Waals surface area contributed by atoms with E-state index in [0.717, 1.165) is 0 Å². The number of hydrogen-bond acceptors (Lipinski definition) is 3. The summed E-state index contributed by atoms with van der Waals surface area (Å²) in [7, 11) is 1.57. The predicted octanol–water partition coefficient (Wildman–Crippen LogP) is 5.24. The van der Waals surface area contributed by atoms with E-state index in [2.05, 4.69) is 41.4 Å². The molecule has 0 radical (unpaired) electrons. The van der Waals surface area contributed by atoms with Crippen molar-refractivity contribution in [1.29, 1.82) is 0 Å². The van der Waals surface area contributed by atoms with Crippen molar-refractivity contribution in [2.24, 2.45) is 0 Å². The van der Waals surface area contributed by atoms with Gasteiger partial charge in [0, 0.05) is 10.9 Å². The molecule has 1 aliphatic carbocycles. The van der Waals surface area contributed by atoms with Crippen LogP contribution in [0.5, 0.6) is 5.75 Å². The molecule has 0 aromatic heterocycles. The Balaban J connectivity index is 1.36. The van der Waals surface area contributed by atoms with Gasteiger partial charge < -0.3 is 14.8 Å². The Bertz CT molecular complexity index is 1100. The minimum Gasteiger partial charge on any atom is -0.495 e. The molecule has 0 fully saturated rings. The fourth-order valence-electron chi connectivity index (χ4n) is 3.68. The third-order valence-corrected chi connectivity index (χ3v) is 5.28. The van der Waals surface area contributed by atoms with Gasteiger partial charge in [0.25, 0.3) is 0 Å². The van der Waals surface area contributed by atoms with Crippen molar-refractivity contribution in [2.75, 3.05) is 20.3 Å². The largest absolute Gasteiger partial charge is 0.495 e. The summed E-state index contributed by atoms with van der Waals surface area (Å²) < 4.78 is 10.8. The predicted molar refractivity (Wildman–Crippen MR) is 118 cm³/mol. The summed E-state index contributed by atoms with van der Waals surface area (Å²) in [5.41, 5.74) is 5.42. The quantitative estimate of drug-likeness (QED) is 0.590. The van der Waals surface area contributed by atoms with E-state index in [-0.39, 0.29) is 19.1 Å². The number of hydrogen-bond donors (Lipinski definition) is 1. The van der Waals surface area contributed by atoms with Crippen LogP contribution in [-0.2, 0) is 4.74 Å². The van der Waals surface area contributed by atoms with Crippen LogP contribution in [0.4, 0.5) is 4.79 Å². The summed E-state index contributed by atoms with van der Waals surface area (Å²) in [4.78, 5) is 12.2. The Kier molecular flexibility index (Phi) is 5.92. The van der Waals surface area contributed by atoms with Crippen LogP contribution in [-0.4, -0.2) is 26.4 Å². The minimum absolute atomic E-state index is 0.0324. The average Bonchev–Trinajstić information content (AvgIpc) is 3.09. The summed E-state index contributed by atoms with van der Waals surface area (Å²) in [5, 5.41) is 3.24. The molecule has 3 aromatic carbocycles. The van der Waals surface area contributed by atoms with Crippen molar-refractivity contribution in [3.8, 4) is 28.7 Å². The molecule has 150 valence electrons. The molecule has 0 unspecified atom stereocenters. The van der Waals surface area contributed by atoms with Gasteiger partial charge in [0.1, 0.15) is 12.4 Å². The molecule has 0 aliphatic heterocycles. The topological polar surface area (TPSA) is 47.6 Å². The summed E-state index contributed by atoms with van der Waals surface area (Å²) >= 11 is 6.00. The van der Waals surface area contributed by atoms with Crippen LogP contribution in [0, 0.1) is 11.8 Å². The summed E-state index contributed by atoms with van der Waals surface area (Å²) in [6, 6.07) is 21.7. The van der Waals surface area contributed by atoms with Gasteiger partial charge in [-0.3, -0.25) is 0 Å². The molecule has 0 spiro atoms. The molecule has 1 aliphatic rings. The van der Waals surface area contributed by atoms with E-state index in [4.69, 9.17) is 21.1 Å². The second kappa shape index (κ2) is 8.94. The maximum atomic E-state index is 12.2. The fourth-order valence-corrected chi connectivity index (χ4v) is 3.86. The van der Waals surface area contributed by atoms with E-state index in [1.807, 2.05) is 24.3 Å². The monoisotopic (exact) mass is 417 g/mol. The molecule has 3 aromatic rings. The maximum Gasteiger partial charge on any atom is 0.407 e. The second-order valence-corrected chi connectivity index (χ2v) is 7.26. The number of carbonyl (C=O) groups excluding carboxylic acids is 1. The number of rotatable bonds is 4. The molecule has 1 N–H and O–H groups in total. The summed E-state index contributed by atoms with van der Waals surface area (Å²) in [6.07, 6.45) is -0.496. The molecule has 5 heteroatoms. The first kappa shape index (κ1) is 19.9. The average molecular weight is 418 g/mol. The Morgan fingerprint density at radius 2 is 1.70 bits per heavy atom. The van der Waals surface area contributed by atoms with Gasteiger partial charge >= 0.3 is 6.09 Å². The van der Waals surface area contributed by atoms with Crippen molar-refractivity contribution < 1.29 is 14.3 Å². The van der Waals surface area contributed by atoms with E-state index >= 15 is 0 Å². The third kappa shape index (κ3) is 4.12. The number of amides is 1. The standard InChI is InChI=1S/C25H20ClNO3/c1-29-24-13-12-18(26)15-17(24)7-6-14-27-25(28)30-16-23-21-10-4-2-8-19(21)20-9-3-5-11-22(20)23/h2-5,8-13,15,23H,14,16H2,1H3,(H,27,28). The molecule has 0 bridgehead atoms. The van der Waals surface area contributed by atoms with Crippen LogP contribution in [0.2, 0.25) is 5.02 Å². The van der Waals surface area contributed by atoms with E-state index in [0.29, 0.717) is 16.3 Å². The SMILES string of the molecule is COc1ccc(Cl)cc1C#CCNC(=O)OCC1c2ccccc2-c2ccccc21. The van der Waals surface area contributed by atoms with Crippen LogP contribution >= 0.6 is 11.6 Å². The van der Waals surface area contributed by atoms with Crippen molar-refractivity contribution in [1.82, 2.24) is 5.32 Å². The highest BCUT2D eigenvalue weighted by Crippen LogP contribution is 2.44. The van der Waals surface area contributed by atoms with Crippen molar-refractivity contribution >= 4 is 17.7 Å². The Hall–Kier alpha value is -3.42. The van der Waals surface area contributed by atoms with Crippen LogP contribution in [0.1, 0.15) is 22.6 Å². The number of benzene rings is 3. The van der Waals surface area contributed by atoms with Crippen molar-refractivity contribution in [2.45, 2.75) is 5.92 Å². The zero-order chi connectivity index (χ0) is 20.9. The number of fused-ring (bicyclic) bond motifs is 3. The smallest absolute Gasteiger partial charge is 0.407 e. The van der Waals surface area contributed by atoms with Gasteiger partial charge in [-0.05, 0) is 40.5 Å². The molecule has 0 saturated heterocycles. The number of ether oxygens (including phenoxy) is 2. The van der Waals surface area contributed by atoms with Gasteiger partial charge in [-0.2, -0.15) is 0 Å². The molecule has 4 nitrogen and oxygen atoms in total. The van der Waals surface area contributed by atoms with Gasteiger partial charge in [-0.1, -0.05) is 72.0 Å². The van der Waals surface area contributed by atoms with Gasteiger partial charge in [-0.25, -0.2) is 4.79 Å². The highest BCUT2D eigenvalue weighted by molar-refractivity contribution is 6.30. The molecular weight excluding hydrogens is 398 g/mol. The zero-order valence-corrected chi connectivity index (χ0v) is 17.2. The van der Waals surface area contributed by atoms with E-state index in [1.54, 1.807) is 25.3 Å². The number of carbonyl (C=O) groups is 1. The minimum atomic E-state index is -0.496. The Morgan fingerprint density at radius 3 is 2.37 bits per heavy atom. The first-order valence-electron chi connectivity index (χ1n) is 9.58. The van der Waals surface area contributed by atoms with Gasteiger partial charge in [0.2, 0.25) is 0 Å². The third-order valence-electron chi connectivity index (χ3n) is 5.05. The number of methoxy groups -OCH3 is 1. The Labute approximate surface area is 180 Å². The van der Waals surface area contributed by atoms with Crippen LogP contribution in [0.15, 0.2) is 66.7 Å². The first-order chi connectivity index (χ1) is 14.7. The zero-order valence-electron chi connectivity index (χ0n) is 16.4. The Morgan fingerprint density at radius 1 is 1.03 bits per heavy atom. The number of halogens is 1. The molecule has 0 saturated carbocycles. The molecule has 0 atom stereocenters. The first-order valence-corrected chi connectivity index (χ1v) is 9.96. The molecule has 4 rings (SSSR count). The molecule has 0 heterocycles. The fraction of sp³-hybridized carbons (Fsp3) is 0.160. The normalized spacial score (nSPS) is 11.7. The molecule has 30 heavy (non-hydrogen) atoms. The summed E-state index contributed by atoms with van der Waals surface area (Å²) in [5.74, 6) is 6.51. The lowest BCUT2D eigenvalue weighted by Gasteiger charge is -2.14. The number of alkyl carbamates (subject to hydrolysis) is 1. The molecular formula is C25H20ClNO3. The van der Waals surface area contributed by atoms with E-state index in [1.165, 1.54) is 22.3 Å². The van der Waals surface area contributed by atoms with Gasteiger partial charge in [0.15, 0.2) is 0 Å². The molecule has 1 amide bonds. The summed E-state index contributed by atoms with van der Waals surface area (Å²) in [6.45, 7) is 0.432. The van der Waals surface area contributed by atoms with Gasteiger partial charge in [-0.15, -0.1) is 0 Å². The van der Waals surface area contributed by atoms with E-state index < -0.39 is 6.09 Å². The highest BCUT2D eigenvalue weighted by atomic mass is 35.5. The van der Waals surface area contributed by atoms with Crippen LogP contribution in [0.25, 0.3) is 11.1 Å². The lowest BCUT2D eigenvalue weighted by atomic mass is 9.98. The number of nitrogens with one attached hydrogen (secondary N) is 1. The second-order valence-electron chi connectivity index (χ2n) is 6.83. The van der Waals surface area contributed by atoms with Crippen molar-refractivity contribution in [3.63, 3.8) is 0 Å². The van der Waals surface area contributed by atoms with E-state index in [9.17, 15) is 4.79 Å². The maximum absolute atomic E-state index is 12.2. The lowest BCUT2D eigenvalue weighted by Crippen LogP contribution is -2.26. The lowest BCUT2D eigenvalue weighted by molar-refractivity contribution is 0.144. The van der Waals surface area contributed by atoms with Crippen LogP contribution < -0.4 is 10.1 Å². The van der Waals surface area contributed by atoms with Crippen LogP contribution in [0.3, 0.4) is 0 Å². The highest BCUT2D eigenvalue weighted by Gasteiger charge is 2.28.